The smallest absolute Gasteiger partial charge is 0.376 e. The summed E-state index contributed by atoms with van der Waals surface area (Å²) in [5.74, 6) is -3.68. The van der Waals surface area contributed by atoms with Gasteiger partial charge in [-0.2, -0.15) is 4.89 Å². The van der Waals surface area contributed by atoms with Gasteiger partial charge in [0.2, 0.25) is 0 Å². The predicted octanol–water partition coefficient (Wildman–Crippen LogP) is 2.62. The standard InChI is InChI=1S/C15H18O6/c1-9-6-5-7-10(8-9)11(13(16)17)12(14(18)19)20-21-15(2,3)4/h5-8H,1-4H3,(H,16,17)(H,18,19)/b12-11-. The van der Waals surface area contributed by atoms with Crippen LogP contribution in [0.3, 0.4) is 0 Å². The minimum Gasteiger partial charge on any atom is -0.478 e. The first-order valence-electron chi connectivity index (χ1n) is 6.25. The fraction of sp³-hybridized carbons (Fsp3) is 0.333. The maximum absolute atomic E-state index is 11.4. The second kappa shape index (κ2) is 6.41. The lowest BCUT2D eigenvalue weighted by Gasteiger charge is -2.18. The van der Waals surface area contributed by atoms with Gasteiger partial charge in [-0.25, -0.2) is 9.59 Å². The molecular formula is C15H18O6. The second-order valence-corrected chi connectivity index (χ2v) is 5.46. The quantitative estimate of drug-likeness (QED) is 0.375. The SMILES string of the molecule is Cc1cccc(/C(C(=O)O)=C(/OOC(C)(C)C)C(=O)O)c1. The van der Waals surface area contributed by atoms with Crippen LogP contribution < -0.4 is 0 Å². The molecule has 0 saturated carbocycles. The highest BCUT2D eigenvalue weighted by Crippen LogP contribution is 2.23. The molecule has 0 fully saturated rings. The zero-order valence-corrected chi connectivity index (χ0v) is 12.3. The van der Waals surface area contributed by atoms with E-state index in [2.05, 4.69) is 0 Å². The van der Waals surface area contributed by atoms with E-state index >= 15 is 0 Å². The van der Waals surface area contributed by atoms with E-state index in [-0.39, 0.29) is 5.56 Å². The van der Waals surface area contributed by atoms with Gasteiger partial charge in [0.1, 0.15) is 11.2 Å². The van der Waals surface area contributed by atoms with Crippen LogP contribution >= 0.6 is 0 Å². The van der Waals surface area contributed by atoms with E-state index in [9.17, 15) is 19.8 Å². The first-order chi connectivity index (χ1) is 9.61. The van der Waals surface area contributed by atoms with Crippen LogP contribution in [0.25, 0.3) is 5.57 Å². The first-order valence-corrected chi connectivity index (χ1v) is 6.25. The monoisotopic (exact) mass is 294 g/mol. The Morgan fingerprint density at radius 1 is 1.10 bits per heavy atom. The normalized spacial score (nSPS) is 12.6. The van der Waals surface area contributed by atoms with Crippen LogP contribution in [0, 0.1) is 6.92 Å². The molecule has 21 heavy (non-hydrogen) atoms. The van der Waals surface area contributed by atoms with Gasteiger partial charge < -0.3 is 15.1 Å². The van der Waals surface area contributed by atoms with Crippen molar-refractivity contribution in [2.75, 3.05) is 0 Å². The van der Waals surface area contributed by atoms with E-state index in [4.69, 9.17) is 9.78 Å². The Morgan fingerprint density at radius 3 is 2.14 bits per heavy atom. The highest BCUT2D eigenvalue weighted by molar-refractivity contribution is 6.21. The van der Waals surface area contributed by atoms with Crippen molar-refractivity contribution in [2.45, 2.75) is 33.3 Å². The Labute approximate surface area is 122 Å². The summed E-state index contributed by atoms with van der Waals surface area (Å²) in [6.07, 6.45) is 0. The topological polar surface area (TPSA) is 93.1 Å². The van der Waals surface area contributed by atoms with Crippen LogP contribution in [-0.4, -0.2) is 27.8 Å². The van der Waals surface area contributed by atoms with Crippen molar-refractivity contribution in [1.29, 1.82) is 0 Å². The van der Waals surface area contributed by atoms with Crippen molar-refractivity contribution in [3.05, 3.63) is 41.2 Å². The van der Waals surface area contributed by atoms with Crippen LogP contribution in [0.4, 0.5) is 0 Å². The number of aliphatic carboxylic acids is 2. The number of rotatable bonds is 5. The first kappa shape index (κ1) is 16.7. The average molecular weight is 294 g/mol. The molecular weight excluding hydrogens is 276 g/mol. The maximum atomic E-state index is 11.4. The number of carboxylic acid groups (broad SMARTS) is 2. The summed E-state index contributed by atoms with van der Waals surface area (Å²) < 4.78 is 0. The average Bonchev–Trinajstić information content (AvgIpc) is 2.32. The molecule has 6 heteroatoms. The van der Waals surface area contributed by atoms with Crippen molar-refractivity contribution < 1.29 is 29.6 Å². The molecule has 0 amide bonds. The highest BCUT2D eigenvalue weighted by atomic mass is 17.2. The van der Waals surface area contributed by atoms with Crippen molar-refractivity contribution in [3.8, 4) is 0 Å². The maximum Gasteiger partial charge on any atom is 0.376 e. The van der Waals surface area contributed by atoms with E-state index in [0.29, 0.717) is 0 Å². The molecule has 0 aliphatic heterocycles. The van der Waals surface area contributed by atoms with Gasteiger partial charge in [0.25, 0.3) is 5.76 Å². The fourth-order valence-electron chi connectivity index (χ4n) is 1.50. The van der Waals surface area contributed by atoms with Gasteiger partial charge in [-0.15, -0.1) is 0 Å². The van der Waals surface area contributed by atoms with Crippen LogP contribution in [0.2, 0.25) is 0 Å². The lowest BCUT2D eigenvalue weighted by molar-refractivity contribution is -0.320. The summed E-state index contributed by atoms with van der Waals surface area (Å²) >= 11 is 0. The van der Waals surface area contributed by atoms with E-state index in [1.54, 1.807) is 45.9 Å². The summed E-state index contributed by atoms with van der Waals surface area (Å²) in [4.78, 5) is 32.4. The van der Waals surface area contributed by atoms with Gasteiger partial charge in [-0.05, 0) is 33.3 Å². The minimum atomic E-state index is -1.52. The van der Waals surface area contributed by atoms with Gasteiger partial charge >= 0.3 is 11.9 Å². The molecule has 114 valence electrons. The molecule has 0 atom stereocenters. The minimum absolute atomic E-state index is 0.234. The Balaban J connectivity index is 3.35. The summed E-state index contributed by atoms with van der Waals surface area (Å²) in [5, 5.41) is 18.5. The molecule has 0 heterocycles. The number of carbonyl (C=O) groups is 2. The molecule has 1 aromatic rings. The van der Waals surface area contributed by atoms with E-state index in [0.717, 1.165) is 5.56 Å². The molecule has 0 unspecified atom stereocenters. The van der Waals surface area contributed by atoms with E-state index in [1.807, 2.05) is 0 Å². The van der Waals surface area contributed by atoms with Gasteiger partial charge in [0, 0.05) is 0 Å². The van der Waals surface area contributed by atoms with Crippen molar-refractivity contribution >= 4 is 17.5 Å². The number of aryl methyl sites for hydroxylation is 1. The molecule has 2 N–H and O–H groups in total. The Kier molecular flexibility index (Phi) is 5.10. The third kappa shape index (κ3) is 4.92. The number of hydrogen-bond acceptors (Lipinski definition) is 4. The molecule has 0 aliphatic carbocycles. The summed E-state index contributed by atoms with van der Waals surface area (Å²) in [7, 11) is 0. The van der Waals surface area contributed by atoms with Crippen LogP contribution in [0.1, 0.15) is 31.9 Å². The van der Waals surface area contributed by atoms with Crippen molar-refractivity contribution in [2.24, 2.45) is 0 Å². The zero-order chi connectivity index (χ0) is 16.2. The van der Waals surface area contributed by atoms with Crippen molar-refractivity contribution in [1.82, 2.24) is 0 Å². The summed E-state index contributed by atoms with van der Waals surface area (Å²) in [5.41, 5.74) is -0.211. The van der Waals surface area contributed by atoms with E-state index in [1.165, 1.54) is 6.07 Å². The molecule has 0 radical (unpaired) electrons. The van der Waals surface area contributed by atoms with E-state index < -0.39 is 28.9 Å². The molecule has 1 rings (SSSR count). The molecule has 0 bridgehead atoms. The molecule has 0 aliphatic rings. The van der Waals surface area contributed by atoms with Gasteiger partial charge in [-0.1, -0.05) is 29.8 Å². The molecule has 0 saturated heterocycles. The lowest BCUT2D eigenvalue weighted by atomic mass is 10.0. The van der Waals surface area contributed by atoms with Gasteiger partial charge in [0.15, 0.2) is 0 Å². The van der Waals surface area contributed by atoms with Crippen LogP contribution in [0.5, 0.6) is 0 Å². The Bertz CT molecular complexity index is 580. The van der Waals surface area contributed by atoms with Gasteiger partial charge in [-0.3, -0.25) is 0 Å². The fourth-order valence-corrected chi connectivity index (χ4v) is 1.50. The predicted molar refractivity (Wildman–Crippen MR) is 75.3 cm³/mol. The van der Waals surface area contributed by atoms with Crippen LogP contribution in [-0.2, 0) is 19.4 Å². The molecule has 1 aromatic carbocycles. The summed E-state index contributed by atoms with van der Waals surface area (Å²) in [6, 6.07) is 6.47. The molecule has 6 nitrogen and oxygen atoms in total. The number of carboxylic acids is 2. The van der Waals surface area contributed by atoms with Crippen molar-refractivity contribution in [3.63, 3.8) is 0 Å². The number of hydrogen-bond donors (Lipinski definition) is 2. The highest BCUT2D eigenvalue weighted by Gasteiger charge is 2.27. The lowest BCUT2D eigenvalue weighted by Crippen LogP contribution is -2.22. The molecule has 0 spiro atoms. The Morgan fingerprint density at radius 2 is 1.71 bits per heavy atom. The second-order valence-electron chi connectivity index (χ2n) is 5.46. The van der Waals surface area contributed by atoms with Crippen LogP contribution in [0.15, 0.2) is 30.0 Å². The Hall–Kier alpha value is -2.34. The largest absolute Gasteiger partial charge is 0.478 e. The van der Waals surface area contributed by atoms with Gasteiger partial charge in [0.05, 0.1) is 0 Å². The third-order valence-electron chi connectivity index (χ3n) is 2.32. The number of benzene rings is 1. The zero-order valence-electron chi connectivity index (χ0n) is 12.3. The molecule has 0 aromatic heterocycles. The third-order valence-corrected chi connectivity index (χ3v) is 2.32. The summed E-state index contributed by atoms with van der Waals surface area (Å²) in [6.45, 7) is 6.73.